The predicted molar refractivity (Wildman–Crippen MR) is 105 cm³/mol. The Morgan fingerprint density at radius 1 is 1.21 bits per heavy atom. The number of carbonyl (C=O) groups is 2. The molecule has 6 heteroatoms. The Balaban J connectivity index is 2.13. The molecule has 0 fully saturated rings. The first-order valence-corrected chi connectivity index (χ1v) is 9.64. The van der Waals surface area contributed by atoms with E-state index in [-0.39, 0.29) is 5.78 Å². The molecule has 0 radical (unpaired) electrons. The van der Waals surface area contributed by atoms with Gasteiger partial charge in [0, 0.05) is 29.3 Å². The topological polar surface area (TPSA) is 73.9 Å². The largest absolute Gasteiger partial charge is 0.493 e. The average Bonchev–Trinajstić information content (AvgIpc) is 2.70. The molecule has 0 bridgehead atoms. The summed E-state index contributed by atoms with van der Waals surface area (Å²) in [5.41, 5.74) is 3.54. The van der Waals surface area contributed by atoms with Crippen LogP contribution in [-0.2, 0) is 14.3 Å². The standard InChI is InChI=1S/C22H27NO5/c1-5-11-28-17-10-9-14(12-18(17)26-3)20-19(22(25)27-4)13(2)23-15-7-6-8-16(24)21(15)20/h9-10,12,20,23H,5-8,11H2,1-4H3. The molecular weight excluding hydrogens is 358 g/mol. The number of ketones is 1. The van der Waals surface area contributed by atoms with E-state index in [2.05, 4.69) is 5.32 Å². The molecule has 1 aromatic rings. The molecule has 1 aliphatic heterocycles. The number of methoxy groups -OCH3 is 2. The molecule has 1 unspecified atom stereocenters. The number of carbonyl (C=O) groups excluding carboxylic acids is 2. The first-order chi connectivity index (χ1) is 13.5. The van der Waals surface area contributed by atoms with Gasteiger partial charge in [-0.1, -0.05) is 13.0 Å². The summed E-state index contributed by atoms with van der Waals surface area (Å²) in [5, 5.41) is 3.26. The molecule has 6 nitrogen and oxygen atoms in total. The highest BCUT2D eigenvalue weighted by molar-refractivity contribution is 6.03. The molecule has 1 atom stereocenters. The minimum atomic E-state index is -0.481. The predicted octanol–water partition coefficient (Wildman–Crippen LogP) is 3.62. The normalized spacial score (nSPS) is 19.1. The fraction of sp³-hybridized carbons (Fsp3) is 0.455. The molecule has 0 amide bonds. The molecule has 1 aliphatic carbocycles. The summed E-state index contributed by atoms with van der Waals surface area (Å²) in [5.74, 6) is 0.372. The van der Waals surface area contributed by atoms with Crippen LogP contribution in [-0.4, -0.2) is 32.6 Å². The van der Waals surface area contributed by atoms with Gasteiger partial charge in [0.1, 0.15) is 0 Å². The smallest absolute Gasteiger partial charge is 0.336 e. The molecule has 150 valence electrons. The van der Waals surface area contributed by atoms with E-state index in [9.17, 15) is 9.59 Å². The van der Waals surface area contributed by atoms with E-state index in [1.807, 2.05) is 32.0 Å². The van der Waals surface area contributed by atoms with Crippen molar-refractivity contribution in [2.24, 2.45) is 0 Å². The lowest BCUT2D eigenvalue weighted by molar-refractivity contribution is -0.136. The zero-order valence-corrected chi connectivity index (χ0v) is 16.9. The van der Waals surface area contributed by atoms with Gasteiger partial charge in [0.15, 0.2) is 17.3 Å². The van der Waals surface area contributed by atoms with Crippen LogP contribution in [0, 0.1) is 0 Å². The maximum Gasteiger partial charge on any atom is 0.336 e. The number of allylic oxidation sites excluding steroid dienone is 3. The fourth-order valence-electron chi connectivity index (χ4n) is 3.89. The van der Waals surface area contributed by atoms with Crippen LogP contribution in [0.3, 0.4) is 0 Å². The van der Waals surface area contributed by atoms with Gasteiger partial charge in [-0.05, 0) is 43.9 Å². The van der Waals surface area contributed by atoms with Gasteiger partial charge in [0.25, 0.3) is 0 Å². The van der Waals surface area contributed by atoms with Crippen molar-refractivity contribution in [1.82, 2.24) is 5.32 Å². The van der Waals surface area contributed by atoms with Crippen LogP contribution in [0.25, 0.3) is 0 Å². The lowest BCUT2D eigenvalue weighted by Crippen LogP contribution is -2.34. The molecule has 2 aliphatic rings. The molecule has 0 saturated heterocycles. The molecule has 1 heterocycles. The van der Waals surface area contributed by atoms with Crippen molar-refractivity contribution in [1.29, 1.82) is 0 Å². The Morgan fingerprint density at radius 3 is 2.68 bits per heavy atom. The number of Topliss-reactive ketones (excluding diaryl/α,β-unsaturated/α-hetero) is 1. The Kier molecular flexibility index (Phi) is 6.07. The molecule has 3 rings (SSSR count). The summed E-state index contributed by atoms with van der Waals surface area (Å²) in [6.45, 7) is 4.47. The monoisotopic (exact) mass is 385 g/mol. The first kappa shape index (κ1) is 20.0. The highest BCUT2D eigenvalue weighted by Gasteiger charge is 2.39. The van der Waals surface area contributed by atoms with Gasteiger partial charge in [-0.2, -0.15) is 0 Å². The third kappa shape index (κ3) is 3.63. The summed E-state index contributed by atoms with van der Waals surface area (Å²) in [6, 6.07) is 5.58. The number of nitrogens with one attached hydrogen (secondary N) is 1. The van der Waals surface area contributed by atoms with E-state index in [0.717, 1.165) is 36.2 Å². The second-order valence-electron chi connectivity index (χ2n) is 7.02. The molecule has 1 aromatic carbocycles. The lowest BCUT2D eigenvalue weighted by Gasteiger charge is -2.34. The van der Waals surface area contributed by atoms with Crippen LogP contribution in [0.5, 0.6) is 11.5 Å². The highest BCUT2D eigenvalue weighted by Crippen LogP contribution is 2.44. The summed E-state index contributed by atoms with van der Waals surface area (Å²) in [6.07, 6.45) is 2.97. The number of ether oxygens (including phenoxy) is 3. The van der Waals surface area contributed by atoms with Gasteiger partial charge < -0.3 is 19.5 Å². The molecule has 0 saturated carbocycles. The SMILES string of the molecule is CCCOc1ccc(C2C(C(=O)OC)=C(C)NC3=C2C(=O)CCC3)cc1OC. The van der Waals surface area contributed by atoms with Crippen LogP contribution in [0.15, 0.2) is 40.7 Å². The Hall–Kier alpha value is -2.76. The number of dihydropyridines is 1. The fourth-order valence-corrected chi connectivity index (χ4v) is 3.89. The maximum absolute atomic E-state index is 12.8. The Labute approximate surface area is 165 Å². The third-order valence-corrected chi connectivity index (χ3v) is 5.16. The van der Waals surface area contributed by atoms with E-state index < -0.39 is 11.9 Å². The van der Waals surface area contributed by atoms with E-state index in [4.69, 9.17) is 14.2 Å². The van der Waals surface area contributed by atoms with Crippen LogP contribution in [0.1, 0.15) is 51.0 Å². The number of hydrogen-bond acceptors (Lipinski definition) is 6. The van der Waals surface area contributed by atoms with Gasteiger partial charge in [-0.3, -0.25) is 4.79 Å². The van der Waals surface area contributed by atoms with Crippen LogP contribution in [0.2, 0.25) is 0 Å². The van der Waals surface area contributed by atoms with Crippen molar-refractivity contribution in [3.05, 3.63) is 46.3 Å². The highest BCUT2D eigenvalue weighted by atomic mass is 16.5. The van der Waals surface area contributed by atoms with E-state index in [1.54, 1.807) is 7.11 Å². The van der Waals surface area contributed by atoms with E-state index in [1.165, 1.54) is 7.11 Å². The molecule has 1 N–H and O–H groups in total. The van der Waals surface area contributed by atoms with E-state index >= 15 is 0 Å². The first-order valence-electron chi connectivity index (χ1n) is 9.64. The molecular formula is C22H27NO5. The summed E-state index contributed by atoms with van der Waals surface area (Å²) >= 11 is 0. The molecule has 28 heavy (non-hydrogen) atoms. The van der Waals surface area contributed by atoms with Crippen molar-refractivity contribution < 1.29 is 23.8 Å². The second kappa shape index (κ2) is 8.50. The molecule has 0 spiro atoms. The number of hydrogen-bond donors (Lipinski definition) is 1. The Morgan fingerprint density at radius 2 is 2.00 bits per heavy atom. The van der Waals surface area contributed by atoms with Gasteiger partial charge in [0.05, 0.1) is 26.4 Å². The van der Waals surface area contributed by atoms with Gasteiger partial charge >= 0.3 is 5.97 Å². The Bertz CT molecular complexity index is 852. The molecule has 0 aromatic heterocycles. The van der Waals surface area contributed by atoms with Gasteiger partial charge in [-0.15, -0.1) is 0 Å². The van der Waals surface area contributed by atoms with Gasteiger partial charge in [0.2, 0.25) is 0 Å². The number of esters is 1. The van der Waals surface area contributed by atoms with E-state index in [0.29, 0.717) is 35.7 Å². The quantitative estimate of drug-likeness (QED) is 0.754. The zero-order chi connectivity index (χ0) is 20.3. The maximum atomic E-state index is 12.8. The van der Waals surface area contributed by atoms with Crippen molar-refractivity contribution >= 4 is 11.8 Å². The van der Waals surface area contributed by atoms with Crippen LogP contribution in [0.4, 0.5) is 0 Å². The van der Waals surface area contributed by atoms with Crippen molar-refractivity contribution in [3.8, 4) is 11.5 Å². The zero-order valence-electron chi connectivity index (χ0n) is 16.9. The minimum absolute atomic E-state index is 0.0675. The van der Waals surface area contributed by atoms with Crippen molar-refractivity contribution in [2.75, 3.05) is 20.8 Å². The van der Waals surface area contributed by atoms with Crippen molar-refractivity contribution in [2.45, 2.75) is 45.4 Å². The lowest BCUT2D eigenvalue weighted by atomic mass is 9.75. The van der Waals surface area contributed by atoms with Gasteiger partial charge in [-0.25, -0.2) is 4.79 Å². The summed E-state index contributed by atoms with van der Waals surface area (Å²) in [7, 11) is 2.94. The van der Waals surface area contributed by atoms with Crippen LogP contribution >= 0.6 is 0 Å². The third-order valence-electron chi connectivity index (χ3n) is 5.16. The number of benzene rings is 1. The second-order valence-corrected chi connectivity index (χ2v) is 7.02. The minimum Gasteiger partial charge on any atom is -0.493 e. The number of rotatable bonds is 6. The summed E-state index contributed by atoms with van der Waals surface area (Å²) in [4.78, 5) is 25.4. The van der Waals surface area contributed by atoms with Crippen molar-refractivity contribution in [3.63, 3.8) is 0 Å². The summed E-state index contributed by atoms with van der Waals surface area (Å²) < 4.78 is 16.3. The van der Waals surface area contributed by atoms with Crippen LogP contribution < -0.4 is 14.8 Å². The average molecular weight is 385 g/mol.